The van der Waals surface area contributed by atoms with Gasteiger partial charge in [-0.2, -0.15) is 0 Å². The first-order valence-electron chi connectivity index (χ1n) is 5.64. The maximum Gasteiger partial charge on any atom is 0.319 e. The van der Waals surface area contributed by atoms with E-state index in [1.54, 1.807) is 4.90 Å². The smallest absolute Gasteiger partial charge is 0.319 e. The maximum absolute atomic E-state index is 11.6. The van der Waals surface area contributed by atoms with Gasteiger partial charge in [0.15, 0.2) is 0 Å². The van der Waals surface area contributed by atoms with Gasteiger partial charge in [0, 0.05) is 32.1 Å². The fourth-order valence-corrected chi connectivity index (χ4v) is 1.85. The van der Waals surface area contributed by atoms with Gasteiger partial charge in [0.05, 0.1) is 4.99 Å². The molecular formula is C11H21N3OS. The number of likely N-dealkylation sites (N-methyl/N-ethyl adjacent to an activating group) is 1. The third-order valence-electron chi connectivity index (χ3n) is 3.20. The summed E-state index contributed by atoms with van der Waals surface area (Å²) in [4.78, 5) is 15.8. The van der Waals surface area contributed by atoms with E-state index in [0.717, 1.165) is 32.5 Å². The van der Waals surface area contributed by atoms with Gasteiger partial charge in [-0.15, -0.1) is 0 Å². The first kappa shape index (κ1) is 13.2. The molecule has 0 atom stereocenters. The summed E-state index contributed by atoms with van der Waals surface area (Å²) in [5.41, 5.74) is 5.55. The van der Waals surface area contributed by atoms with Crippen LogP contribution in [0.25, 0.3) is 0 Å². The van der Waals surface area contributed by atoms with Gasteiger partial charge in [0.25, 0.3) is 0 Å². The molecule has 0 aromatic heterocycles. The van der Waals surface area contributed by atoms with Crippen LogP contribution < -0.4 is 5.73 Å². The van der Waals surface area contributed by atoms with Crippen LogP contribution in [0.5, 0.6) is 0 Å². The van der Waals surface area contributed by atoms with Crippen LogP contribution in [0.3, 0.4) is 0 Å². The molecule has 0 aromatic rings. The first-order valence-corrected chi connectivity index (χ1v) is 6.05. The molecule has 2 N–H and O–H groups in total. The third kappa shape index (κ3) is 3.07. The van der Waals surface area contributed by atoms with Gasteiger partial charge in [0.2, 0.25) is 0 Å². The summed E-state index contributed by atoms with van der Waals surface area (Å²) >= 11 is 5.01. The molecule has 2 amide bonds. The van der Waals surface area contributed by atoms with Crippen molar-refractivity contribution >= 4 is 23.2 Å². The standard InChI is InChI=1S/C11H21N3OS/c1-11(2,9(12)16)5-4-6-14-8-7-13(3)10(14)15/h4-8H2,1-3H3,(H2,12,16). The van der Waals surface area contributed by atoms with Gasteiger partial charge < -0.3 is 15.5 Å². The Morgan fingerprint density at radius 3 is 2.56 bits per heavy atom. The van der Waals surface area contributed by atoms with Crippen molar-refractivity contribution < 1.29 is 4.79 Å². The van der Waals surface area contributed by atoms with E-state index in [0.29, 0.717) is 4.99 Å². The molecule has 0 unspecified atom stereocenters. The second kappa shape index (κ2) is 4.99. The monoisotopic (exact) mass is 243 g/mol. The Hall–Kier alpha value is -0.840. The second-order valence-electron chi connectivity index (χ2n) is 5.04. The number of thiocarbonyl (C=S) groups is 1. The number of nitrogens with two attached hydrogens (primary N) is 1. The summed E-state index contributed by atoms with van der Waals surface area (Å²) in [5.74, 6) is 0. The van der Waals surface area contributed by atoms with Crippen molar-refractivity contribution in [1.82, 2.24) is 9.80 Å². The largest absolute Gasteiger partial charge is 0.393 e. The van der Waals surface area contributed by atoms with Crippen LogP contribution in [0.4, 0.5) is 4.79 Å². The first-order chi connectivity index (χ1) is 7.34. The Labute approximate surface area is 103 Å². The fraction of sp³-hybridized carbons (Fsp3) is 0.818. The minimum atomic E-state index is -0.107. The molecule has 0 radical (unpaired) electrons. The molecule has 1 fully saturated rings. The average Bonchev–Trinajstić information content (AvgIpc) is 2.49. The topological polar surface area (TPSA) is 49.6 Å². The molecule has 0 spiro atoms. The molecule has 0 saturated carbocycles. The molecule has 1 rings (SSSR count). The van der Waals surface area contributed by atoms with Crippen LogP contribution in [0.1, 0.15) is 26.7 Å². The van der Waals surface area contributed by atoms with Gasteiger partial charge in [0.1, 0.15) is 0 Å². The summed E-state index contributed by atoms with van der Waals surface area (Å²) in [6.45, 7) is 6.57. The predicted molar refractivity (Wildman–Crippen MR) is 69.4 cm³/mol. The number of hydrogen-bond donors (Lipinski definition) is 1. The second-order valence-corrected chi connectivity index (χ2v) is 5.48. The Balaban J connectivity index is 2.31. The van der Waals surface area contributed by atoms with Crippen LogP contribution in [-0.4, -0.2) is 47.5 Å². The zero-order valence-corrected chi connectivity index (χ0v) is 11.1. The molecule has 1 aliphatic heterocycles. The Morgan fingerprint density at radius 2 is 2.12 bits per heavy atom. The van der Waals surface area contributed by atoms with E-state index in [1.165, 1.54) is 0 Å². The molecule has 0 aromatic carbocycles. The van der Waals surface area contributed by atoms with Crippen molar-refractivity contribution in [1.29, 1.82) is 0 Å². The summed E-state index contributed by atoms with van der Waals surface area (Å²) in [6, 6.07) is 0.133. The summed E-state index contributed by atoms with van der Waals surface area (Å²) in [6.07, 6.45) is 1.87. The summed E-state index contributed by atoms with van der Waals surface area (Å²) in [5, 5.41) is 0. The number of carbonyl (C=O) groups excluding carboxylic acids is 1. The number of amides is 2. The summed E-state index contributed by atoms with van der Waals surface area (Å²) in [7, 11) is 1.83. The van der Waals surface area contributed by atoms with Crippen molar-refractivity contribution in [2.45, 2.75) is 26.7 Å². The highest BCUT2D eigenvalue weighted by Gasteiger charge is 2.26. The zero-order valence-electron chi connectivity index (χ0n) is 10.3. The normalized spacial score (nSPS) is 17.1. The lowest BCUT2D eigenvalue weighted by atomic mass is 9.88. The third-order valence-corrected chi connectivity index (χ3v) is 3.75. The lowest BCUT2D eigenvalue weighted by Gasteiger charge is -2.24. The van der Waals surface area contributed by atoms with Crippen molar-refractivity contribution in [3.05, 3.63) is 0 Å². The van der Waals surface area contributed by atoms with Crippen LogP contribution >= 0.6 is 12.2 Å². The molecule has 92 valence electrons. The predicted octanol–water partition coefficient (Wildman–Crippen LogP) is 1.45. The highest BCUT2D eigenvalue weighted by Crippen LogP contribution is 2.23. The number of nitrogens with zero attached hydrogens (tertiary/aromatic N) is 2. The van der Waals surface area contributed by atoms with Crippen molar-refractivity contribution in [3.63, 3.8) is 0 Å². The molecular weight excluding hydrogens is 222 g/mol. The molecule has 0 bridgehead atoms. The van der Waals surface area contributed by atoms with Gasteiger partial charge in [-0.25, -0.2) is 4.79 Å². The molecule has 4 nitrogen and oxygen atoms in total. The van der Waals surface area contributed by atoms with Gasteiger partial charge in [-0.1, -0.05) is 26.1 Å². The lowest BCUT2D eigenvalue weighted by molar-refractivity contribution is 0.197. The minimum absolute atomic E-state index is 0.107. The molecule has 1 saturated heterocycles. The highest BCUT2D eigenvalue weighted by molar-refractivity contribution is 7.80. The quantitative estimate of drug-likeness (QED) is 0.743. The van der Waals surface area contributed by atoms with Crippen LogP contribution in [-0.2, 0) is 0 Å². The van der Waals surface area contributed by atoms with Crippen LogP contribution in [0, 0.1) is 5.41 Å². The van der Waals surface area contributed by atoms with E-state index < -0.39 is 0 Å². The lowest BCUT2D eigenvalue weighted by Crippen LogP contribution is -2.33. The van der Waals surface area contributed by atoms with Crippen molar-refractivity contribution in [2.24, 2.45) is 11.1 Å². The Kier molecular flexibility index (Phi) is 4.13. The van der Waals surface area contributed by atoms with E-state index in [9.17, 15) is 4.79 Å². The minimum Gasteiger partial charge on any atom is -0.393 e. The van der Waals surface area contributed by atoms with Crippen LogP contribution in [0.15, 0.2) is 0 Å². The Bertz CT molecular complexity index is 291. The number of rotatable bonds is 5. The number of hydrogen-bond acceptors (Lipinski definition) is 2. The SMILES string of the molecule is CN1CCN(CCCC(C)(C)C(N)=S)C1=O. The van der Waals surface area contributed by atoms with Crippen molar-refractivity contribution in [3.8, 4) is 0 Å². The van der Waals surface area contributed by atoms with E-state index in [4.69, 9.17) is 18.0 Å². The number of urea groups is 1. The van der Waals surface area contributed by atoms with Gasteiger partial charge in [-0.05, 0) is 12.8 Å². The molecule has 16 heavy (non-hydrogen) atoms. The van der Waals surface area contributed by atoms with E-state index in [-0.39, 0.29) is 11.4 Å². The van der Waals surface area contributed by atoms with Gasteiger partial charge in [-0.3, -0.25) is 0 Å². The van der Waals surface area contributed by atoms with E-state index in [2.05, 4.69) is 0 Å². The zero-order chi connectivity index (χ0) is 12.3. The molecule has 5 heteroatoms. The maximum atomic E-state index is 11.6. The fourth-order valence-electron chi connectivity index (χ4n) is 1.75. The highest BCUT2D eigenvalue weighted by atomic mass is 32.1. The van der Waals surface area contributed by atoms with Gasteiger partial charge >= 0.3 is 6.03 Å². The summed E-state index contributed by atoms with van der Waals surface area (Å²) < 4.78 is 0. The van der Waals surface area contributed by atoms with Crippen LogP contribution in [0.2, 0.25) is 0 Å². The molecule has 1 aliphatic rings. The van der Waals surface area contributed by atoms with E-state index in [1.807, 2.05) is 25.8 Å². The van der Waals surface area contributed by atoms with Crippen molar-refractivity contribution in [2.75, 3.05) is 26.7 Å². The average molecular weight is 243 g/mol. The molecule has 0 aliphatic carbocycles. The van der Waals surface area contributed by atoms with E-state index >= 15 is 0 Å². The number of carbonyl (C=O) groups is 1. The molecule has 1 heterocycles. The Morgan fingerprint density at radius 1 is 1.50 bits per heavy atom.